The molecule has 0 unspecified atom stereocenters. The van der Waals surface area contributed by atoms with Crippen LogP contribution in [0.3, 0.4) is 0 Å². The van der Waals surface area contributed by atoms with E-state index in [1.54, 1.807) is 18.3 Å². The largest absolute Gasteiger partial charge is 0.495 e. The first kappa shape index (κ1) is 18.6. The van der Waals surface area contributed by atoms with Crippen molar-refractivity contribution in [3.8, 4) is 0 Å². The maximum atomic E-state index is 12.5. The molecule has 0 saturated carbocycles. The lowest BCUT2D eigenvalue weighted by Crippen LogP contribution is -2.41. The molecule has 1 aliphatic rings. The summed E-state index contributed by atoms with van der Waals surface area (Å²) in [6.07, 6.45) is 1.63. The molecule has 136 valence electrons. The number of pyridine rings is 1. The van der Waals surface area contributed by atoms with Crippen molar-refractivity contribution in [1.82, 2.24) is 4.98 Å². The average Bonchev–Trinajstić information content (AvgIpc) is 2.77. The van der Waals surface area contributed by atoms with Crippen LogP contribution in [-0.4, -0.2) is 29.2 Å². The highest BCUT2D eigenvalue weighted by molar-refractivity contribution is 6.62. The van der Waals surface area contributed by atoms with E-state index in [9.17, 15) is 4.79 Å². The van der Waals surface area contributed by atoms with E-state index in [4.69, 9.17) is 9.31 Å². The standard InChI is InChI=1S/C20H25BN2O3/c1-13-7-8-16(23-18(24)15-9-10-22-14(2)11-15)12-17(13)21-25-19(3,4)20(5,6)26-21/h7-12H,1-6H3,(H,23,24). The van der Waals surface area contributed by atoms with E-state index in [1.807, 2.05) is 59.7 Å². The zero-order valence-electron chi connectivity index (χ0n) is 16.2. The van der Waals surface area contributed by atoms with Crippen LogP contribution in [0.15, 0.2) is 36.5 Å². The number of hydrogen-bond acceptors (Lipinski definition) is 4. The Morgan fingerprint density at radius 3 is 2.31 bits per heavy atom. The molecule has 0 atom stereocenters. The lowest BCUT2D eigenvalue weighted by molar-refractivity contribution is 0.00578. The van der Waals surface area contributed by atoms with Crippen molar-refractivity contribution in [2.24, 2.45) is 0 Å². The van der Waals surface area contributed by atoms with E-state index in [0.717, 1.165) is 16.7 Å². The van der Waals surface area contributed by atoms with Gasteiger partial charge >= 0.3 is 7.12 Å². The summed E-state index contributed by atoms with van der Waals surface area (Å²) in [5.41, 5.74) is 3.26. The Morgan fingerprint density at radius 2 is 1.69 bits per heavy atom. The molecule has 0 radical (unpaired) electrons. The number of carbonyl (C=O) groups excluding carboxylic acids is 1. The van der Waals surface area contributed by atoms with E-state index >= 15 is 0 Å². The number of aromatic nitrogens is 1. The molecule has 0 aliphatic carbocycles. The van der Waals surface area contributed by atoms with Crippen LogP contribution in [0.2, 0.25) is 0 Å². The van der Waals surface area contributed by atoms with Crippen LogP contribution in [0.25, 0.3) is 0 Å². The van der Waals surface area contributed by atoms with Gasteiger partial charge < -0.3 is 14.6 Å². The molecule has 3 rings (SSSR count). The first-order chi connectivity index (χ1) is 12.1. The van der Waals surface area contributed by atoms with Gasteiger partial charge in [0.2, 0.25) is 0 Å². The molecule has 1 fully saturated rings. The third-order valence-electron chi connectivity index (χ3n) is 5.20. The Morgan fingerprint density at radius 1 is 1.04 bits per heavy atom. The smallest absolute Gasteiger partial charge is 0.399 e. The molecule has 1 aromatic heterocycles. The molecule has 2 heterocycles. The number of carbonyl (C=O) groups is 1. The highest BCUT2D eigenvalue weighted by atomic mass is 16.7. The number of rotatable bonds is 3. The van der Waals surface area contributed by atoms with Crippen LogP contribution in [0.5, 0.6) is 0 Å². The van der Waals surface area contributed by atoms with Gasteiger partial charge in [-0.15, -0.1) is 0 Å². The average molecular weight is 352 g/mol. The number of aryl methyl sites for hydroxylation is 2. The monoisotopic (exact) mass is 352 g/mol. The quantitative estimate of drug-likeness (QED) is 0.862. The summed E-state index contributed by atoms with van der Waals surface area (Å²) in [6, 6.07) is 9.23. The van der Waals surface area contributed by atoms with Crippen LogP contribution < -0.4 is 10.8 Å². The third kappa shape index (κ3) is 3.52. The third-order valence-corrected chi connectivity index (χ3v) is 5.20. The molecule has 1 saturated heterocycles. The molecule has 1 aromatic carbocycles. The number of nitrogens with zero attached hydrogens (tertiary/aromatic N) is 1. The van der Waals surface area contributed by atoms with E-state index in [0.29, 0.717) is 11.3 Å². The fourth-order valence-electron chi connectivity index (χ4n) is 2.83. The summed E-state index contributed by atoms with van der Waals surface area (Å²) in [5, 5.41) is 2.94. The van der Waals surface area contributed by atoms with Crippen molar-refractivity contribution in [2.45, 2.75) is 52.7 Å². The van der Waals surface area contributed by atoms with Crippen molar-refractivity contribution < 1.29 is 14.1 Å². The van der Waals surface area contributed by atoms with E-state index in [-0.39, 0.29) is 5.91 Å². The fourth-order valence-corrected chi connectivity index (χ4v) is 2.83. The molecule has 0 bridgehead atoms. The minimum absolute atomic E-state index is 0.167. The van der Waals surface area contributed by atoms with Gasteiger partial charge in [-0.2, -0.15) is 0 Å². The number of hydrogen-bond donors (Lipinski definition) is 1. The normalized spacial score (nSPS) is 18.0. The van der Waals surface area contributed by atoms with Crippen LogP contribution >= 0.6 is 0 Å². The highest BCUT2D eigenvalue weighted by Gasteiger charge is 2.52. The van der Waals surface area contributed by atoms with Gasteiger partial charge in [0.25, 0.3) is 5.91 Å². The number of benzene rings is 1. The van der Waals surface area contributed by atoms with Crippen molar-refractivity contribution in [3.63, 3.8) is 0 Å². The van der Waals surface area contributed by atoms with Crippen LogP contribution in [0.4, 0.5) is 5.69 Å². The summed E-state index contributed by atoms with van der Waals surface area (Å²) in [5.74, 6) is -0.167. The molecule has 1 aliphatic heterocycles. The zero-order valence-corrected chi connectivity index (χ0v) is 16.2. The van der Waals surface area contributed by atoms with Gasteiger partial charge in [0.15, 0.2) is 0 Å². The summed E-state index contributed by atoms with van der Waals surface area (Å²) in [7, 11) is -0.458. The van der Waals surface area contributed by atoms with Gasteiger partial charge in [0, 0.05) is 23.1 Å². The lowest BCUT2D eigenvalue weighted by atomic mass is 9.76. The molecular weight excluding hydrogens is 327 g/mol. The van der Waals surface area contributed by atoms with Gasteiger partial charge in [-0.05, 0) is 71.3 Å². The van der Waals surface area contributed by atoms with Crippen LogP contribution in [0.1, 0.15) is 49.3 Å². The van der Waals surface area contributed by atoms with Gasteiger partial charge in [0.05, 0.1) is 11.2 Å². The Kier molecular flexibility index (Phi) is 4.67. The van der Waals surface area contributed by atoms with Crippen molar-refractivity contribution >= 4 is 24.2 Å². The van der Waals surface area contributed by atoms with Gasteiger partial charge in [-0.3, -0.25) is 9.78 Å². The van der Waals surface area contributed by atoms with Gasteiger partial charge in [-0.25, -0.2) is 0 Å². The Labute approximate surface area is 155 Å². The SMILES string of the molecule is Cc1cc(C(=O)Nc2ccc(C)c(B3OC(C)(C)C(C)(C)O3)c2)ccn1. The summed E-state index contributed by atoms with van der Waals surface area (Å²) in [4.78, 5) is 16.6. The number of amides is 1. The molecule has 0 spiro atoms. The first-order valence-corrected chi connectivity index (χ1v) is 8.79. The second kappa shape index (κ2) is 6.52. The molecule has 2 aromatic rings. The van der Waals surface area contributed by atoms with E-state index in [2.05, 4.69) is 10.3 Å². The zero-order chi connectivity index (χ0) is 19.1. The van der Waals surface area contributed by atoms with Gasteiger partial charge in [0.1, 0.15) is 0 Å². The number of anilines is 1. The molecule has 5 nitrogen and oxygen atoms in total. The van der Waals surface area contributed by atoms with Crippen molar-refractivity contribution in [1.29, 1.82) is 0 Å². The van der Waals surface area contributed by atoms with Crippen LogP contribution in [0, 0.1) is 13.8 Å². The Balaban J connectivity index is 1.84. The second-order valence-corrected chi connectivity index (χ2v) is 7.80. The van der Waals surface area contributed by atoms with E-state index in [1.165, 1.54) is 0 Å². The predicted molar refractivity (Wildman–Crippen MR) is 104 cm³/mol. The minimum Gasteiger partial charge on any atom is -0.399 e. The molecular formula is C20H25BN2O3. The number of nitrogens with one attached hydrogen (secondary N) is 1. The lowest BCUT2D eigenvalue weighted by Gasteiger charge is -2.32. The summed E-state index contributed by atoms with van der Waals surface area (Å²) in [6.45, 7) is 12.0. The highest BCUT2D eigenvalue weighted by Crippen LogP contribution is 2.36. The second-order valence-electron chi connectivity index (χ2n) is 7.80. The van der Waals surface area contributed by atoms with Crippen molar-refractivity contribution in [2.75, 3.05) is 5.32 Å². The minimum atomic E-state index is -0.458. The van der Waals surface area contributed by atoms with Crippen molar-refractivity contribution in [3.05, 3.63) is 53.3 Å². The molecule has 1 amide bonds. The molecule has 6 heteroatoms. The molecule has 26 heavy (non-hydrogen) atoms. The maximum Gasteiger partial charge on any atom is 0.495 e. The van der Waals surface area contributed by atoms with Gasteiger partial charge in [-0.1, -0.05) is 11.6 Å². The summed E-state index contributed by atoms with van der Waals surface area (Å²) < 4.78 is 12.3. The summed E-state index contributed by atoms with van der Waals surface area (Å²) >= 11 is 0. The fraction of sp³-hybridized carbons (Fsp3) is 0.400. The van der Waals surface area contributed by atoms with Crippen LogP contribution in [-0.2, 0) is 9.31 Å². The first-order valence-electron chi connectivity index (χ1n) is 8.79. The maximum absolute atomic E-state index is 12.5. The van der Waals surface area contributed by atoms with E-state index < -0.39 is 18.3 Å². The Bertz CT molecular complexity index is 833. The predicted octanol–water partition coefficient (Wildman–Crippen LogP) is 3.25. The molecule has 1 N–H and O–H groups in total. The topological polar surface area (TPSA) is 60.5 Å². The Hall–Kier alpha value is -2.18.